The molecular formula is C31H54O13. The van der Waals surface area contributed by atoms with Crippen molar-refractivity contribution < 1.29 is 61.6 Å². The minimum atomic E-state index is -0.311. The van der Waals surface area contributed by atoms with Crippen molar-refractivity contribution in [1.82, 2.24) is 0 Å². The normalized spacial score (nSPS) is 11.3. The van der Waals surface area contributed by atoms with E-state index in [2.05, 4.69) is 0 Å². The van der Waals surface area contributed by atoms with Gasteiger partial charge >= 0.3 is 5.97 Å². The maximum absolute atomic E-state index is 10.6. The second kappa shape index (κ2) is 34.1. The molecule has 0 heterocycles. The molecule has 0 fully saturated rings. The van der Waals surface area contributed by atoms with Crippen molar-refractivity contribution in [3.05, 3.63) is 35.9 Å². The molecule has 0 saturated carbocycles. The molecule has 1 rings (SSSR count). The molecule has 1 aromatic rings. The van der Waals surface area contributed by atoms with E-state index in [4.69, 9.17) is 56.8 Å². The van der Waals surface area contributed by atoms with E-state index in [1.165, 1.54) is 6.92 Å². The van der Waals surface area contributed by atoms with Crippen LogP contribution in [0, 0.1) is 0 Å². The molecule has 1 aromatic carbocycles. The highest BCUT2D eigenvalue weighted by Gasteiger charge is 1.97. The second-order valence-corrected chi connectivity index (χ2v) is 9.00. The molecule has 256 valence electrons. The Morgan fingerprint density at radius 3 is 0.909 bits per heavy atom. The number of carbonyl (C=O) groups is 1. The maximum atomic E-state index is 10.6. The van der Waals surface area contributed by atoms with E-state index in [0.29, 0.717) is 145 Å². The van der Waals surface area contributed by atoms with E-state index in [1.807, 2.05) is 30.3 Å². The van der Waals surface area contributed by atoms with Gasteiger partial charge in [0.05, 0.1) is 145 Å². The lowest BCUT2D eigenvalue weighted by atomic mass is 10.2. The molecule has 0 N–H and O–H groups in total. The highest BCUT2D eigenvalue weighted by molar-refractivity contribution is 5.65. The Bertz CT molecular complexity index is 711. The summed E-state index contributed by atoms with van der Waals surface area (Å²) in [6.07, 6.45) is 0. The van der Waals surface area contributed by atoms with Crippen molar-refractivity contribution in [2.75, 3.05) is 145 Å². The Morgan fingerprint density at radius 2 is 0.636 bits per heavy atom. The summed E-state index contributed by atoms with van der Waals surface area (Å²) in [7, 11) is 0. The van der Waals surface area contributed by atoms with Gasteiger partial charge in [-0.1, -0.05) is 30.3 Å². The molecule has 0 aliphatic heterocycles. The molecule has 0 aliphatic carbocycles. The zero-order valence-electron chi connectivity index (χ0n) is 26.5. The number of esters is 1. The average Bonchev–Trinajstić information content (AvgIpc) is 3.03. The standard InChI is InChI=1S/C31H54O13/c1-30(32)44-28-27-42-24-23-40-20-19-38-16-15-36-12-11-34-8-7-33-9-10-35-13-14-37-17-18-39-21-22-41-25-26-43-29-31-5-3-2-4-6-31/h2-6H,7-29H2,1H3. The van der Waals surface area contributed by atoms with Gasteiger partial charge in [0.25, 0.3) is 0 Å². The topological polar surface area (TPSA) is 128 Å². The van der Waals surface area contributed by atoms with Crippen LogP contribution in [0.3, 0.4) is 0 Å². The minimum absolute atomic E-state index is 0.258. The monoisotopic (exact) mass is 634 g/mol. The third kappa shape index (κ3) is 31.7. The first-order valence-corrected chi connectivity index (χ1v) is 15.3. The first-order valence-electron chi connectivity index (χ1n) is 15.3. The maximum Gasteiger partial charge on any atom is 0.302 e. The molecular weight excluding hydrogens is 580 g/mol. The number of benzene rings is 1. The van der Waals surface area contributed by atoms with Gasteiger partial charge < -0.3 is 56.8 Å². The number of ether oxygens (including phenoxy) is 12. The zero-order chi connectivity index (χ0) is 31.4. The lowest BCUT2D eigenvalue weighted by molar-refractivity contribution is -0.142. The highest BCUT2D eigenvalue weighted by atomic mass is 16.6. The molecule has 44 heavy (non-hydrogen) atoms. The molecule has 0 aromatic heterocycles. The fourth-order valence-electron chi connectivity index (χ4n) is 3.21. The van der Waals surface area contributed by atoms with Crippen molar-refractivity contribution >= 4 is 5.97 Å². The van der Waals surface area contributed by atoms with Gasteiger partial charge in [0, 0.05) is 6.92 Å². The van der Waals surface area contributed by atoms with Crippen LogP contribution in [0.4, 0.5) is 0 Å². The largest absolute Gasteiger partial charge is 0.463 e. The van der Waals surface area contributed by atoms with E-state index < -0.39 is 0 Å². The van der Waals surface area contributed by atoms with Crippen LogP contribution in [0.5, 0.6) is 0 Å². The van der Waals surface area contributed by atoms with Crippen LogP contribution in [0.1, 0.15) is 12.5 Å². The molecule has 0 atom stereocenters. The van der Waals surface area contributed by atoms with Crippen molar-refractivity contribution in [1.29, 1.82) is 0 Å². The summed E-state index contributed by atoms with van der Waals surface area (Å²) in [4.78, 5) is 10.6. The lowest BCUT2D eigenvalue weighted by Gasteiger charge is -2.09. The number of rotatable bonds is 35. The fraction of sp³-hybridized carbons (Fsp3) is 0.774. The van der Waals surface area contributed by atoms with Gasteiger partial charge in [0.2, 0.25) is 0 Å². The first kappa shape index (κ1) is 40.3. The van der Waals surface area contributed by atoms with E-state index >= 15 is 0 Å². The highest BCUT2D eigenvalue weighted by Crippen LogP contribution is 2.00. The fourth-order valence-corrected chi connectivity index (χ4v) is 3.21. The third-order valence-electron chi connectivity index (χ3n) is 5.36. The predicted octanol–water partition coefficient (Wildman–Crippen LogP) is 1.93. The van der Waals surface area contributed by atoms with Crippen LogP contribution in [-0.4, -0.2) is 151 Å². The number of hydrogen-bond acceptors (Lipinski definition) is 13. The Labute approximate surface area is 262 Å². The van der Waals surface area contributed by atoms with Crippen molar-refractivity contribution in [2.24, 2.45) is 0 Å². The Kier molecular flexibility index (Phi) is 31.2. The molecule has 0 saturated heterocycles. The van der Waals surface area contributed by atoms with Gasteiger partial charge in [-0.15, -0.1) is 0 Å². The SMILES string of the molecule is CC(=O)OCCOCCOCCOCCOCCOCCOCCOCCOCCOCCOCCOCc1ccccc1. The summed E-state index contributed by atoms with van der Waals surface area (Å²) >= 11 is 0. The summed E-state index contributed by atoms with van der Waals surface area (Å²) in [6, 6.07) is 10.1. The van der Waals surface area contributed by atoms with Gasteiger partial charge in [-0.25, -0.2) is 0 Å². The van der Waals surface area contributed by atoms with Crippen LogP contribution in [-0.2, 0) is 68.2 Å². The Hall–Kier alpha value is -1.75. The quantitative estimate of drug-likeness (QED) is 0.0798. The number of hydrogen-bond donors (Lipinski definition) is 0. The van der Waals surface area contributed by atoms with E-state index in [9.17, 15) is 4.79 Å². The van der Waals surface area contributed by atoms with Crippen molar-refractivity contribution in [3.63, 3.8) is 0 Å². The smallest absolute Gasteiger partial charge is 0.302 e. The Balaban J connectivity index is 1.61. The summed E-state index contributed by atoms with van der Waals surface area (Å²) < 4.78 is 64.7. The van der Waals surface area contributed by atoms with Crippen LogP contribution >= 0.6 is 0 Å². The van der Waals surface area contributed by atoms with Crippen LogP contribution in [0.15, 0.2) is 30.3 Å². The summed E-state index contributed by atoms with van der Waals surface area (Å²) in [5.74, 6) is -0.311. The van der Waals surface area contributed by atoms with Crippen molar-refractivity contribution in [2.45, 2.75) is 13.5 Å². The summed E-state index contributed by atoms with van der Waals surface area (Å²) in [5, 5.41) is 0. The molecule has 13 heteroatoms. The van der Waals surface area contributed by atoms with Gasteiger partial charge in [0.1, 0.15) is 6.61 Å². The van der Waals surface area contributed by atoms with Gasteiger partial charge in [-0.05, 0) is 5.56 Å². The Morgan fingerprint density at radius 1 is 0.386 bits per heavy atom. The van der Waals surface area contributed by atoms with E-state index in [-0.39, 0.29) is 12.6 Å². The minimum Gasteiger partial charge on any atom is -0.463 e. The molecule has 0 amide bonds. The van der Waals surface area contributed by atoms with Gasteiger partial charge in [0.15, 0.2) is 0 Å². The predicted molar refractivity (Wildman–Crippen MR) is 161 cm³/mol. The van der Waals surface area contributed by atoms with Gasteiger partial charge in [-0.3, -0.25) is 4.79 Å². The summed E-state index contributed by atoms with van der Waals surface area (Å²) in [6.45, 7) is 12.7. The van der Waals surface area contributed by atoms with Crippen LogP contribution < -0.4 is 0 Å². The third-order valence-corrected chi connectivity index (χ3v) is 5.36. The molecule has 0 bridgehead atoms. The zero-order valence-corrected chi connectivity index (χ0v) is 26.5. The second-order valence-electron chi connectivity index (χ2n) is 9.00. The summed E-state index contributed by atoms with van der Waals surface area (Å²) in [5.41, 5.74) is 1.16. The molecule has 0 unspecified atom stereocenters. The van der Waals surface area contributed by atoms with Gasteiger partial charge in [-0.2, -0.15) is 0 Å². The van der Waals surface area contributed by atoms with Crippen LogP contribution in [0.2, 0.25) is 0 Å². The molecule has 13 nitrogen and oxygen atoms in total. The average molecular weight is 635 g/mol. The molecule has 0 aliphatic rings. The molecule has 0 spiro atoms. The first-order chi connectivity index (χ1) is 21.8. The van der Waals surface area contributed by atoms with Crippen molar-refractivity contribution in [3.8, 4) is 0 Å². The molecule has 0 radical (unpaired) electrons. The lowest BCUT2D eigenvalue weighted by Crippen LogP contribution is -2.15. The number of carbonyl (C=O) groups excluding carboxylic acids is 1. The van der Waals surface area contributed by atoms with E-state index in [1.54, 1.807) is 0 Å². The van der Waals surface area contributed by atoms with Crippen LogP contribution in [0.25, 0.3) is 0 Å². The van der Waals surface area contributed by atoms with E-state index in [0.717, 1.165) is 5.56 Å².